The van der Waals surface area contributed by atoms with E-state index in [2.05, 4.69) is 85.0 Å². The molecule has 4 aromatic rings. The number of hydrogen-bond donors (Lipinski definition) is 0. The first-order valence-corrected chi connectivity index (χ1v) is 8.90. The minimum absolute atomic E-state index is 0.0129. The largest absolute Gasteiger partial charge is 0.455 e. The highest BCUT2D eigenvalue weighted by molar-refractivity contribution is 14.1. The highest BCUT2D eigenvalue weighted by atomic mass is 127. The third-order valence-corrected chi connectivity index (χ3v) is 5.82. The van der Waals surface area contributed by atoms with Crippen molar-refractivity contribution in [2.24, 2.45) is 0 Å². The van der Waals surface area contributed by atoms with Crippen LogP contribution < -0.4 is 0 Å². The fraction of sp³-hybridized carbons (Fsp3) is 0.143. The highest BCUT2D eigenvalue weighted by Crippen LogP contribution is 2.52. The molecule has 0 saturated carbocycles. The van der Waals surface area contributed by atoms with E-state index in [1.165, 1.54) is 36.6 Å². The zero-order chi connectivity index (χ0) is 15.8. The lowest BCUT2D eigenvalue weighted by molar-refractivity contribution is 0.653. The summed E-state index contributed by atoms with van der Waals surface area (Å²) >= 11 is 2.40. The van der Waals surface area contributed by atoms with Gasteiger partial charge in [0.2, 0.25) is 0 Å². The summed E-state index contributed by atoms with van der Waals surface area (Å²) in [6, 6.07) is 19.5. The van der Waals surface area contributed by atoms with Crippen LogP contribution in [0.25, 0.3) is 33.1 Å². The molecule has 3 aromatic carbocycles. The molecule has 1 heterocycles. The monoisotopic (exact) mass is 410 g/mol. The summed E-state index contributed by atoms with van der Waals surface area (Å²) in [5.41, 5.74) is 7.35. The van der Waals surface area contributed by atoms with Crippen LogP contribution in [-0.2, 0) is 5.41 Å². The van der Waals surface area contributed by atoms with E-state index in [1.54, 1.807) is 0 Å². The maximum Gasteiger partial charge on any atom is 0.143 e. The van der Waals surface area contributed by atoms with Crippen LogP contribution in [0.2, 0.25) is 0 Å². The van der Waals surface area contributed by atoms with E-state index < -0.39 is 0 Å². The number of rotatable bonds is 0. The van der Waals surface area contributed by atoms with Gasteiger partial charge < -0.3 is 4.42 Å². The summed E-state index contributed by atoms with van der Waals surface area (Å²) < 4.78 is 7.55. The molecule has 112 valence electrons. The Kier molecular flexibility index (Phi) is 2.59. The lowest BCUT2D eigenvalue weighted by Crippen LogP contribution is -2.14. The summed E-state index contributed by atoms with van der Waals surface area (Å²) in [6.45, 7) is 4.62. The van der Waals surface area contributed by atoms with Gasteiger partial charge in [0.25, 0.3) is 0 Å². The van der Waals surface area contributed by atoms with Crippen molar-refractivity contribution in [1.82, 2.24) is 0 Å². The average molecular weight is 410 g/mol. The van der Waals surface area contributed by atoms with Gasteiger partial charge in [-0.25, -0.2) is 0 Å². The fourth-order valence-corrected chi connectivity index (χ4v) is 4.46. The van der Waals surface area contributed by atoms with Crippen molar-refractivity contribution in [2.45, 2.75) is 19.3 Å². The Morgan fingerprint density at radius 1 is 0.870 bits per heavy atom. The molecule has 0 saturated heterocycles. The molecular weight excluding hydrogens is 395 g/mol. The molecular formula is C21H15IO. The van der Waals surface area contributed by atoms with Gasteiger partial charge in [0.05, 0.1) is 0 Å². The number of hydrogen-bond acceptors (Lipinski definition) is 1. The molecule has 0 bridgehead atoms. The molecule has 1 aliphatic rings. The van der Waals surface area contributed by atoms with Crippen molar-refractivity contribution in [3.8, 4) is 11.1 Å². The third kappa shape index (κ3) is 1.67. The first-order valence-electron chi connectivity index (χ1n) is 7.82. The SMILES string of the molecule is CC1(C)c2cc(I)ccc2-c2c1ccc1c2oc2ccccc21. The molecule has 1 aromatic heterocycles. The van der Waals surface area contributed by atoms with Crippen LogP contribution in [0.1, 0.15) is 25.0 Å². The molecule has 23 heavy (non-hydrogen) atoms. The second kappa shape index (κ2) is 4.38. The van der Waals surface area contributed by atoms with E-state index in [9.17, 15) is 0 Å². The molecule has 0 fully saturated rings. The van der Waals surface area contributed by atoms with Gasteiger partial charge in [-0.1, -0.05) is 50.2 Å². The van der Waals surface area contributed by atoms with E-state index in [4.69, 9.17) is 4.42 Å². The molecule has 0 amide bonds. The fourth-order valence-electron chi connectivity index (χ4n) is 3.97. The van der Waals surface area contributed by atoms with Gasteiger partial charge in [0, 0.05) is 25.3 Å². The van der Waals surface area contributed by atoms with Crippen molar-refractivity contribution in [3.63, 3.8) is 0 Å². The number of furan rings is 1. The Balaban J connectivity index is 1.99. The number of benzene rings is 3. The van der Waals surface area contributed by atoms with Gasteiger partial charge in [0.1, 0.15) is 11.2 Å². The molecule has 0 spiro atoms. The van der Waals surface area contributed by atoms with Crippen LogP contribution in [0, 0.1) is 3.57 Å². The van der Waals surface area contributed by atoms with Crippen molar-refractivity contribution in [1.29, 1.82) is 0 Å². The summed E-state index contributed by atoms with van der Waals surface area (Å²) in [7, 11) is 0. The van der Waals surface area contributed by atoms with Crippen LogP contribution in [0.4, 0.5) is 0 Å². The Morgan fingerprint density at radius 2 is 1.70 bits per heavy atom. The molecule has 1 aliphatic carbocycles. The van der Waals surface area contributed by atoms with Crippen molar-refractivity contribution < 1.29 is 4.42 Å². The van der Waals surface area contributed by atoms with Gasteiger partial charge in [-0.3, -0.25) is 0 Å². The molecule has 0 unspecified atom stereocenters. The second-order valence-corrected chi connectivity index (χ2v) is 8.02. The average Bonchev–Trinajstić information content (AvgIpc) is 3.02. The number of halogens is 1. The van der Waals surface area contributed by atoms with Gasteiger partial charge in [-0.15, -0.1) is 0 Å². The van der Waals surface area contributed by atoms with E-state index >= 15 is 0 Å². The molecule has 0 atom stereocenters. The van der Waals surface area contributed by atoms with Gasteiger partial charge >= 0.3 is 0 Å². The topological polar surface area (TPSA) is 13.1 Å². The van der Waals surface area contributed by atoms with Crippen molar-refractivity contribution >= 4 is 44.5 Å². The molecule has 0 radical (unpaired) electrons. The third-order valence-electron chi connectivity index (χ3n) is 5.14. The highest BCUT2D eigenvalue weighted by Gasteiger charge is 2.37. The molecule has 5 rings (SSSR count). The zero-order valence-electron chi connectivity index (χ0n) is 13.0. The standard InChI is InChI=1S/C21H15IO/c1-21(2)16-10-9-14-13-5-3-4-6-18(13)23-20(14)19(16)15-8-7-12(22)11-17(15)21/h3-11H,1-2H3. The molecule has 2 heteroatoms. The van der Waals surface area contributed by atoms with Crippen molar-refractivity contribution in [2.75, 3.05) is 0 Å². The minimum atomic E-state index is 0.0129. The maximum absolute atomic E-state index is 6.27. The zero-order valence-corrected chi connectivity index (χ0v) is 15.1. The molecule has 0 N–H and O–H groups in total. The van der Waals surface area contributed by atoms with Gasteiger partial charge in [-0.2, -0.15) is 0 Å². The van der Waals surface area contributed by atoms with E-state index in [-0.39, 0.29) is 5.41 Å². The van der Waals surface area contributed by atoms with E-state index in [0.29, 0.717) is 0 Å². The summed E-state index contributed by atoms with van der Waals surface area (Å²) in [5.74, 6) is 0. The quantitative estimate of drug-likeness (QED) is 0.302. The summed E-state index contributed by atoms with van der Waals surface area (Å²) in [5, 5.41) is 2.41. The summed E-state index contributed by atoms with van der Waals surface area (Å²) in [4.78, 5) is 0. The first kappa shape index (κ1) is 13.6. The number of fused-ring (bicyclic) bond motifs is 7. The Hall–Kier alpha value is -1.81. The van der Waals surface area contributed by atoms with Crippen LogP contribution >= 0.6 is 22.6 Å². The van der Waals surface area contributed by atoms with Gasteiger partial charge in [-0.05, 0) is 57.5 Å². The van der Waals surface area contributed by atoms with Crippen LogP contribution in [-0.4, -0.2) is 0 Å². The lowest BCUT2D eigenvalue weighted by Gasteiger charge is -2.21. The maximum atomic E-state index is 6.27. The van der Waals surface area contributed by atoms with E-state index in [1.807, 2.05) is 6.07 Å². The normalized spacial score (nSPS) is 15.1. The Labute approximate surface area is 148 Å². The lowest BCUT2D eigenvalue weighted by atomic mass is 9.82. The number of para-hydroxylation sites is 1. The molecule has 0 aliphatic heterocycles. The van der Waals surface area contributed by atoms with Crippen molar-refractivity contribution in [3.05, 3.63) is 69.3 Å². The van der Waals surface area contributed by atoms with Crippen LogP contribution in [0.5, 0.6) is 0 Å². The predicted molar refractivity (Wildman–Crippen MR) is 104 cm³/mol. The van der Waals surface area contributed by atoms with Gasteiger partial charge in [0.15, 0.2) is 0 Å². The summed E-state index contributed by atoms with van der Waals surface area (Å²) in [6.07, 6.45) is 0. The molecule has 1 nitrogen and oxygen atoms in total. The second-order valence-electron chi connectivity index (χ2n) is 6.78. The van der Waals surface area contributed by atoms with Crippen LogP contribution in [0.3, 0.4) is 0 Å². The van der Waals surface area contributed by atoms with Crippen LogP contribution in [0.15, 0.2) is 59.0 Å². The minimum Gasteiger partial charge on any atom is -0.455 e. The Morgan fingerprint density at radius 3 is 2.57 bits per heavy atom. The predicted octanol–water partition coefficient (Wildman–Crippen LogP) is 6.50. The smallest absolute Gasteiger partial charge is 0.143 e. The Bertz CT molecular complexity index is 1100. The first-order chi connectivity index (χ1) is 11.1. The van der Waals surface area contributed by atoms with E-state index in [0.717, 1.165) is 11.2 Å².